The molecule has 0 saturated carbocycles. The maximum atomic E-state index is 5.35. The Kier molecular flexibility index (Phi) is 3.49. The van der Waals surface area contributed by atoms with E-state index in [0.29, 0.717) is 6.79 Å². The number of halogens is 1. The fourth-order valence-electron chi connectivity index (χ4n) is 1.57. The van der Waals surface area contributed by atoms with Gasteiger partial charge in [-0.25, -0.2) is 0 Å². The molecule has 0 bridgehead atoms. The Balaban J connectivity index is 2.09. The van der Waals surface area contributed by atoms with Crippen LogP contribution in [0.15, 0.2) is 16.6 Å². The minimum atomic E-state index is 0.324. The molecular weight excluding hydrogens is 258 g/mol. The summed E-state index contributed by atoms with van der Waals surface area (Å²) in [5, 5.41) is 3.30. The Morgan fingerprint density at radius 3 is 3.07 bits per heavy atom. The number of hydrogen-bond acceptors (Lipinski definition) is 3. The zero-order valence-corrected chi connectivity index (χ0v) is 10.3. The second kappa shape index (κ2) is 4.86. The highest BCUT2D eigenvalue weighted by molar-refractivity contribution is 9.10. The largest absolute Gasteiger partial charge is 0.454 e. The summed E-state index contributed by atoms with van der Waals surface area (Å²) in [6, 6.07) is 4.13. The molecule has 0 saturated heterocycles. The number of ether oxygens (including phenoxy) is 2. The van der Waals surface area contributed by atoms with Gasteiger partial charge in [-0.2, -0.15) is 0 Å². The van der Waals surface area contributed by atoms with Gasteiger partial charge in [0.25, 0.3) is 0 Å². The molecule has 1 aromatic carbocycles. The van der Waals surface area contributed by atoms with E-state index in [9.17, 15) is 0 Å². The van der Waals surface area contributed by atoms with Crippen molar-refractivity contribution in [3.8, 4) is 11.5 Å². The van der Waals surface area contributed by atoms with E-state index < -0.39 is 0 Å². The first-order valence-corrected chi connectivity index (χ1v) is 5.89. The number of likely N-dealkylation sites (N-methyl/N-ethyl adjacent to an activating group) is 1. The smallest absolute Gasteiger partial charge is 0.231 e. The fraction of sp³-hybridized carbons (Fsp3) is 0.455. The third-order valence-corrected chi connectivity index (χ3v) is 2.92. The number of hydrogen-bond donors (Lipinski definition) is 1. The fourth-order valence-corrected chi connectivity index (χ4v) is 2.18. The second-order valence-corrected chi connectivity index (χ2v) is 4.27. The van der Waals surface area contributed by atoms with Crippen LogP contribution in [0.1, 0.15) is 12.5 Å². The highest BCUT2D eigenvalue weighted by Gasteiger charge is 2.17. The van der Waals surface area contributed by atoms with E-state index >= 15 is 0 Å². The summed E-state index contributed by atoms with van der Waals surface area (Å²) in [6.45, 7) is 4.43. The monoisotopic (exact) mass is 271 g/mol. The average molecular weight is 272 g/mol. The van der Waals surface area contributed by atoms with Crippen LogP contribution in [0, 0.1) is 0 Å². The molecule has 0 amide bonds. The van der Waals surface area contributed by atoms with E-state index in [2.05, 4.69) is 34.2 Å². The van der Waals surface area contributed by atoms with Gasteiger partial charge < -0.3 is 14.8 Å². The molecule has 0 unspecified atom stereocenters. The van der Waals surface area contributed by atoms with Crippen LogP contribution in [-0.2, 0) is 6.42 Å². The maximum Gasteiger partial charge on any atom is 0.231 e. The minimum Gasteiger partial charge on any atom is -0.454 e. The lowest BCUT2D eigenvalue weighted by Crippen LogP contribution is -2.15. The molecule has 15 heavy (non-hydrogen) atoms. The van der Waals surface area contributed by atoms with Gasteiger partial charge in [-0.15, -0.1) is 0 Å². The first-order chi connectivity index (χ1) is 7.31. The first kappa shape index (κ1) is 10.8. The number of fused-ring (bicyclic) bond motifs is 1. The van der Waals surface area contributed by atoms with Gasteiger partial charge in [-0.3, -0.25) is 0 Å². The van der Waals surface area contributed by atoms with Crippen molar-refractivity contribution in [1.82, 2.24) is 5.32 Å². The first-order valence-electron chi connectivity index (χ1n) is 5.10. The van der Waals surface area contributed by atoms with Crippen molar-refractivity contribution in [2.24, 2.45) is 0 Å². The standard InChI is InChI=1S/C11H14BrNO2/c1-2-13-4-3-8-5-9(12)11-10(6-8)14-7-15-11/h5-6,13H,2-4,7H2,1H3. The summed E-state index contributed by atoms with van der Waals surface area (Å²) in [6.07, 6.45) is 1.00. The molecule has 2 rings (SSSR count). The number of nitrogens with one attached hydrogen (secondary N) is 1. The van der Waals surface area contributed by atoms with Crippen LogP contribution < -0.4 is 14.8 Å². The predicted octanol–water partition coefficient (Wildman–Crippen LogP) is 2.33. The van der Waals surface area contributed by atoms with Crippen molar-refractivity contribution < 1.29 is 9.47 Å². The third-order valence-electron chi connectivity index (χ3n) is 2.33. The molecule has 1 aliphatic heterocycles. The van der Waals surface area contributed by atoms with Gasteiger partial charge in [-0.1, -0.05) is 6.92 Å². The molecule has 0 aromatic heterocycles. The van der Waals surface area contributed by atoms with Gasteiger partial charge in [0.2, 0.25) is 6.79 Å². The lowest BCUT2D eigenvalue weighted by molar-refractivity contribution is 0.173. The lowest BCUT2D eigenvalue weighted by atomic mass is 10.1. The Morgan fingerprint density at radius 2 is 2.27 bits per heavy atom. The molecular formula is C11H14BrNO2. The van der Waals surface area contributed by atoms with E-state index in [0.717, 1.165) is 35.5 Å². The van der Waals surface area contributed by atoms with E-state index in [1.165, 1.54) is 5.56 Å². The van der Waals surface area contributed by atoms with Crippen LogP contribution in [0.3, 0.4) is 0 Å². The normalized spacial score (nSPS) is 13.2. The minimum absolute atomic E-state index is 0.324. The summed E-state index contributed by atoms with van der Waals surface area (Å²) < 4.78 is 11.7. The maximum absolute atomic E-state index is 5.35. The summed E-state index contributed by atoms with van der Waals surface area (Å²) in [4.78, 5) is 0. The lowest BCUT2D eigenvalue weighted by Gasteiger charge is -2.05. The number of rotatable bonds is 4. The van der Waals surface area contributed by atoms with E-state index in [-0.39, 0.29) is 0 Å². The highest BCUT2D eigenvalue weighted by atomic mass is 79.9. The van der Waals surface area contributed by atoms with Crippen molar-refractivity contribution >= 4 is 15.9 Å². The van der Waals surface area contributed by atoms with Crippen LogP contribution in [-0.4, -0.2) is 19.9 Å². The second-order valence-electron chi connectivity index (χ2n) is 3.41. The molecule has 82 valence electrons. The van der Waals surface area contributed by atoms with Crippen molar-refractivity contribution in [3.63, 3.8) is 0 Å². The van der Waals surface area contributed by atoms with Crippen LogP contribution in [0.5, 0.6) is 11.5 Å². The molecule has 0 spiro atoms. The van der Waals surface area contributed by atoms with Gasteiger partial charge in [0, 0.05) is 0 Å². The van der Waals surface area contributed by atoms with Gasteiger partial charge in [0.15, 0.2) is 11.5 Å². The molecule has 1 N–H and O–H groups in total. The zero-order valence-electron chi connectivity index (χ0n) is 8.68. The van der Waals surface area contributed by atoms with E-state index in [1.807, 2.05) is 6.07 Å². The third kappa shape index (κ3) is 2.44. The Labute approximate surface area is 97.9 Å². The summed E-state index contributed by atoms with van der Waals surface area (Å²) in [7, 11) is 0. The van der Waals surface area contributed by atoms with Gasteiger partial charge in [0.1, 0.15) is 0 Å². The predicted molar refractivity (Wildman–Crippen MR) is 62.5 cm³/mol. The molecule has 1 aliphatic rings. The summed E-state index contributed by atoms with van der Waals surface area (Å²) >= 11 is 3.48. The van der Waals surface area contributed by atoms with Crippen molar-refractivity contribution in [3.05, 3.63) is 22.2 Å². The molecule has 1 aromatic rings. The van der Waals surface area contributed by atoms with Crippen LogP contribution in [0.4, 0.5) is 0 Å². The quantitative estimate of drug-likeness (QED) is 0.853. The van der Waals surface area contributed by atoms with Crippen molar-refractivity contribution in [1.29, 1.82) is 0 Å². The molecule has 0 radical (unpaired) electrons. The topological polar surface area (TPSA) is 30.5 Å². The van der Waals surface area contributed by atoms with Gasteiger partial charge >= 0.3 is 0 Å². The van der Waals surface area contributed by atoms with Gasteiger partial charge in [-0.05, 0) is 53.1 Å². The van der Waals surface area contributed by atoms with Crippen molar-refractivity contribution in [2.45, 2.75) is 13.3 Å². The Bertz CT molecular complexity index is 355. The zero-order chi connectivity index (χ0) is 10.7. The van der Waals surface area contributed by atoms with Crippen LogP contribution in [0.25, 0.3) is 0 Å². The van der Waals surface area contributed by atoms with E-state index in [1.54, 1.807) is 0 Å². The molecule has 1 heterocycles. The SMILES string of the molecule is CCNCCc1cc(Br)c2c(c1)OCO2. The molecule has 0 atom stereocenters. The van der Waals surface area contributed by atoms with Crippen LogP contribution >= 0.6 is 15.9 Å². The van der Waals surface area contributed by atoms with Crippen molar-refractivity contribution in [2.75, 3.05) is 19.9 Å². The van der Waals surface area contributed by atoms with Gasteiger partial charge in [0.05, 0.1) is 4.47 Å². The Morgan fingerprint density at radius 1 is 1.40 bits per heavy atom. The highest BCUT2D eigenvalue weighted by Crippen LogP contribution is 2.39. The van der Waals surface area contributed by atoms with Crippen LogP contribution in [0.2, 0.25) is 0 Å². The molecule has 0 fully saturated rings. The molecule has 0 aliphatic carbocycles. The summed E-state index contributed by atoms with van der Waals surface area (Å²) in [5.74, 6) is 1.66. The Hall–Kier alpha value is -0.740. The molecule has 4 heteroatoms. The van der Waals surface area contributed by atoms with E-state index in [4.69, 9.17) is 9.47 Å². The average Bonchev–Trinajstić information content (AvgIpc) is 2.66. The summed E-state index contributed by atoms with van der Waals surface area (Å²) in [5.41, 5.74) is 1.26. The number of benzene rings is 1. The molecule has 3 nitrogen and oxygen atoms in total.